The van der Waals surface area contributed by atoms with Crippen molar-refractivity contribution >= 4 is 52.8 Å². The lowest BCUT2D eigenvalue weighted by molar-refractivity contribution is -0.176. The van der Waals surface area contributed by atoms with Crippen LogP contribution in [0.1, 0.15) is 68.8 Å². The predicted octanol–water partition coefficient (Wildman–Crippen LogP) is 3.41. The molecule has 2 aliphatic rings. The number of carbonyl (C=O) groups is 5. The fraction of sp³-hybridized carbons (Fsp3) is 0.485. The van der Waals surface area contributed by atoms with Crippen LogP contribution in [0.5, 0.6) is 0 Å². The second-order valence-corrected chi connectivity index (χ2v) is 13.3. The lowest BCUT2D eigenvalue weighted by Crippen LogP contribution is -2.64. The quantitative estimate of drug-likeness (QED) is 0.303. The van der Waals surface area contributed by atoms with Crippen molar-refractivity contribution in [2.45, 2.75) is 89.3 Å². The summed E-state index contributed by atoms with van der Waals surface area (Å²) in [6.45, 7) is 4.95. The standard InChI is InChI=1S/C33H40Cl2N4O8/c1-33(2,3)47-29(42)17-25(27(40)19-46-18-21-22(34)11-7-12-23(21)35)37-31(44)26-13-8-16-38-28(41)15-14-24(32(45)39(26)38)36-30(43)20-9-5-4-6-10-20/h4-7,9-12,24-27,40H,8,13-19H2,1-3H3,(H,36,43)(H,37,44). The Morgan fingerprint density at radius 1 is 1.02 bits per heavy atom. The molecule has 0 spiro atoms. The number of hydrogen-bond acceptors (Lipinski definition) is 8. The number of nitrogens with zero attached hydrogens (tertiary/aromatic N) is 2. The normalized spacial score (nSPS) is 19.7. The van der Waals surface area contributed by atoms with E-state index in [0.717, 1.165) is 5.01 Å². The van der Waals surface area contributed by atoms with E-state index in [9.17, 15) is 29.1 Å². The van der Waals surface area contributed by atoms with Crippen LogP contribution in [-0.2, 0) is 35.3 Å². The number of carbonyl (C=O) groups excluding carboxylic acids is 5. The van der Waals surface area contributed by atoms with Crippen LogP contribution in [0.15, 0.2) is 48.5 Å². The van der Waals surface area contributed by atoms with Crippen molar-refractivity contribution in [2.24, 2.45) is 0 Å². The zero-order valence-corrected chi connectivity index (χ0v) is 28.1. The van der Waals surface area contributed by atoms with Gasteiger partial charge in [0.15, 0.2) is 0 Å². The first kappa shape index (κ1) is 36.1. The van der Waals surface area contributed by atoms with E-state index >= 15 is 0 Å². The third-order valence-corrected chi connectivity index (χ3v) is 8.41. The highest BCUT2D eigenvalue weighted by molar-refractivity contribution is 6.35. The summed E-state index contributed by atoms with van der Waals surface area (Å²) in [5, 5.41) is 19.7. The van der Waals surface area contributed by atoms with Crippen molar-refractivity contribution in [3.63, 3.8) is 0 Å². The summed E-state index contributed by atoms with van der Waals surface area (Å²) in [7, 11) is 0. The molecule has 4 rings (SSSR count). The molecule has 4 unspecified atom stereocenters. The fourth-order valence-corrected chi connectivity index (χ4v) is 5.94. The van der Waals surface area contributed by atoms with Gasteiger partial charge in [-0.25, -0.2) is 5.01 Å². The van der Waals surface area contributed by atoms with Gasteiger partial charge in [-0.2, -0.15) is 0 Å². The summed E-state index contributed by atoms with van der Waals surface area (Å²) >= 11 is 12.4. The predicted molar refractivity (Wildman–Crippen MR) is 173 cm³/mol. The number of rotatable bonds is 11. The number of aliphatic hydroxyl groups is 1. The van der Waals surface area contributed by atoms with E-state index in [1.807, 2.05) is 0 Å². The highest BCUT2D eigenvalue weighted by atomic mass is 35.5. The number of amides is 4. The van der Waals surface area contributed by atoms with Crippen LogP contribution >= 0.6 is 23.2 Å². The summed E-state index contributed by atoms with van der Waals surface area (Å²) in [6, 6.07) is 9.95. The Balaban J connectivity index is 1.51. The van der Waals surface area contributed by atoms with Crippen molar-refractivity contribution in [1.82, 2.24) is 20.7 Å². The Bertz CT molecular complexity index is 1450. The molecule has 0 aliphatic carbocycles. The van der Waals surface area contributed by atoms with E-state index in [1.54, 1.807) is 69.3 Å². The molecule has 254 valence electrons. The van der Waals surface area contributed by atoms with Gasteiger partial charge in [-0.05, 0) is 64.3 Å². The minimum Gasteiger partial charge on any atom is -0.460 e. The molecule has 4 amide bonds. The SMILES string of the molecule is CC(C)(C)OC(=O)CC(NC(=O)C1CCCN2C(=O)CCC(NC(=O)c3ccccc3)C(=O)N12)C(O)COCc1c(Cl)cccc1Cl. The second kappa shape index (κ2) is 15.9. The molecule has 0 bridgehead atoms. The van der Waals surface area contributed by atoms with E-state index in [4.69, 9.17) is 32.7 Å². The van der Waals surface area contributed by atoms with Gasteiger partial charge in [-0.1, -0.05) is 47.5 Å². The zero-order valence-electron chi connectivity index (χ0n) is 26.5. The van der Waals surface area contributed by atoms with E-state index in [-0.39, 0.29) is 44.9 Å². The van der Waals surface area contributed by atoms with Gasteiger partial charge in [0.05, 0.1) is 31.8 Å². The molecular weight excluding hydrogens is 651 g/mol. The molecule has 2 heterocycles. The molecule has 2 aliphatic heterocycles. The molecule has 2 fully saturated rings. The molecule has 47 heavy (non-hydrogen) atoms. The molecule has 0 radical (unpaired) electrons. The van der Waals surface area contributed by atoms with E-state index in [1.165, 1.54) is 5.01 Å². The lowest BCUT2D eigenvalue weighted by atomic mass is 10.0. The average Bonchev–Trinajstić information content (AvgIpc) is 3.13. The van der Waals surface area contributed by atoms with Crippen LogP contribution < -0.4 is 10.6 Å². The zero-order chi connectivity index (χ0) is 34.3. The Morgan fingerprint density at radius 3 is 2.36 bits per heavy atom. The molecule has 0 aromatic heterocycles. The molecule has 2 aromatic carbocycles. The molecule has 2 saturated heterocycles. The monoisotopic (exact) mass is 690 g/mol. The third-order valence-electron chi connectivity index (χ3n) is 7.70. The van der Waals surface area contributed by atoms with Gasteiger partial charge in [0.25, 0.3) is 11.8 Å². The summed E-state index contributed by atoms with van der Waals surface area (Å²) < 4.78 is 11.1. The van der Waals surface area contributed by atoms with Crippen LogP contribution in [0, 0.1) is 0 Å². The van der Waals surface area contributed by atoms with E-state index in [2.05, 4.69) is 10.6 Å². The highest BCUT2D eigenvalue weighted by Crippen LogP contribution is 2.27. The van der Waals surface area contributed by atoms with Crippen LogP contribution in [0.2, 0.25) is 10.0 Å². The number of aliphatic hydroxyl groups excluding tert-OH is 1. The Labute approximate surface area is 283 Å². The first-order valence-electron chi connectivity index (χ1n) is 15.5. The Kier molecular flexibility index (Phi) is 12.2. The maximum absolute atomic E-state index is 13.9. The van der Waals surface area contributed by atoms with Gasteiger partial charge in [-0.15, -0.1) is 0 Å². The van der Waals surface area contributed by atoms with Gasteiger partial charge in [0.2, 0.25) is 11.8 Å². The molecule has 2 aromatic rings. The number of ether oxygens (including phenoxy) is 2. The molecule has 12 nitrogen and oxygen atoms in total. The number of benzene rings is 2. The summed E-state index contributed by atoms with van der Waals surface area (Å²) in [6.07, 6.45) is -1.10. The number of hydrogen-bond donors (Lipinski definition) is 3. The first-order valence-corrected chi connectivity index (χ1v) is 16.2. The molecule has 0 saturated carbocycles. The molecular formula is C33H40Cl2N4O8. The Hall–Kier alpha value is -3.71. The van der Waals surface area contributed by atoms with Gasteiger partial charge in [-0.3, -0.25) is 29.0 Å². The Morgan fingerprint density at radius 2 is 1.70 bits per heavy atom. The highest BCUT2D eigenvalue weighted by Gasteiger charge is 2.45. The number of halogens is 2. The van der Waals surface area contributed by atoms with Crippen LogP contribution in [0.4, 0.5) is 0 Å². The fourth-order valence-electron chi connectivity index (χ4n) is 5.43. The topological polar surface area (TPSA) is 155 Å². The number of esters is 1. The maximum atomic E-state index is 13.9. The van der Waals surface area contributed by atoms with Crippen LogP contribution in [0.25, 0.3) is 0 Å². The third kappa shape index (κ3) is 9.66. The van der Waals surface area contributed by atoms with Gasteiger partial charge < -0.3 is 25.2 Å². The summed E-state index contributed by atoms with van der Waals surface area (Å²) in [4.78, 5) is 66.6. The molecule has 14 heteroatoms. The van der Waals surface area contributed by atoms with Gasteiger partial charge in [0.1, 0.15) is 17.7 Å². The van der Waals surface area contributed by atoms with Crippen LogP contribution in [-0.4, -0.2) is 87.7 Å². The minimum atomic E-state index is -1.38. The number of hydrazine groups is 1. The smallest absolute Gasteiger partial charge is 0.308 e. The van der Waals surface area contributed by atoms with Gasteiger partial charge >= 0.3 is 5.97 Å². The minimum absolute atomic E-state index is 0.0108. The van der Waals surface area contributed by atoms with Crippen molar-refractivity contribution in [3.05, 3.63) is 69.7 Å². The van der Waals surface area contributed by atoms with E-state index in [0.29, 0.717) is 27.6 Å². The van der Waals surface area contributed by atoms with Crippen molar-refractivity contribution in [1.29, 1.82) is 0 Å². The second-order valence-electron chi connectivity index (χ2n) is 12.5. The maximum Gasteiger partial charge on any atom is 0.308 e. The van der Waals surface area contributed by atoms with Crippen molar-refractivity contribution < 1.29 is 38.6 Å². The molecule has 3 N–H and O–H groups in total. The summed E-state index contributed by atoms with van der Waals surface area (Å²) in [5.41, 5.74) is 0.0328. The van der Waals surface area contributed by atoms with Crippen molar-refractivity contribution in [3.8, 4) is 0 Å². The van der Waals surface area contributed by atoms with Gasteiger partial charge in [0, 0.05) is 34.1 Å². The first-order chi connectivity index (χ1) is 22.2. The number of nitrogens with one attached hydrogen (secondary N) is 2. The van der Waals surface area contributed by atoms with E-state index < -0.39 is 59.9 Å². The largest absolute Gasteiger partial charge is 0.460 e. The number of fused-ring (bicyclic) bond motifs is 1. The average molecular weight is 692 g/mol. The lowest BCUT2D eigenvalue weighted by Gasteiger charge is -2.43. The molecule has 4 atom stereocenters. The van der Waals surface area contributed by atoms with Crippen LogP contribution in [0.3, 0.4) is 0 Å². The summed E-state index contributed by atoms with van der Waals surface area (Å²) in [5.74, 6) is -2.81. The van der Waals surface area contributed by atoms with Crippen molar-refractivity contribution in [2.75, 3.05) is 13.2 Å².